The van der Waals surface area contributed by atoms with Crippen molar-refractivity contribution in [2.75, 3.05) is 20.8 Å². The van der Waals surface area contributed by atoms with Gasteiger partial charge in [-0.15, -0.1) is 0 Å². The third-order valence-electron chi connectivity index (χ3n) is 4.55. The van der Waals surface area contributed by atoms with Crippen LogP contribution >= 0.6 is 0 Å². The number of ketones is 1. The molecule has 1 atom stereocenters. The Balaban J connectivity index is 2.00. The molecule has 0 amide bonds. The number of hydrogen-bond acceptors (Lipinski definition) is 7. The van der Waals surface area contributed by atoms with Gasteiger partial charge in [0.15, 0.2) is 28.8 Å². The fourth-order valence-corrected chi connectivity index (χ4v) is 3.18. The van der Waals surface area contributed by atoms with Crippen molar-refractivity contribution in [2.24, 2.45) is 5.92 Å². The molecule has 2 aromatic rings. The molecule has 1 unspecified atom stereocenters. The summed E-state index contributed by atoms with van der Waals surface area (Å²) in [5.41, 5.74) is 1.13. The van der Waals surface area contributed by atoms with Crippen LogP contribution in [0.3, 0.4) is 0 Å². The van der Waals surface area contributed by atoms with Crippen LogP contribution in [-0.2, 0) is 6.42 Å². The lowest BCUT2D eigenvalue weighted by Gasteiger charge is -2.28. The van der Waals surface area contributed by atoms with E-state index in [1.807, 2.05) is 0 Å². The largest absolute Gasteiger partial charge is 0.507 e. The van der Waals surface area contributed by atoms with Crippen LogP contribution in [0.25, 0.3) is 0 Å². The zero-order valence-corrected chi connectivity index (χ0v) is 14.7. The number of hydrogen-bond donors (Lipinski definition) is 3. The maximum atomic E-state index is 13.0. The van der Waals surface area contributed by atoms with Crippen LogP contribution in [0.4, 0.5) is 0 Å². The van der Waals surface area contributed by atoms with E-state index in [9.17, 15) is 20.1 Å². The minimum Gasteiger partial charge on any atom is -0.507 e. The molecule has 0 fully saturated rings. The minimum atomic E-state index is -0.546. The van der Waals surface area contributed by atoms with E-state index in [-0.39, 0.29) is 46.7 Å². The maximum absolute atomic E-state index is 13.0. The molecular formula is C19H20O7. The first kappa shape index (κ1) is 17.7. The number of carbonyl (C=O) groups excluding carboxylic acids is 1. The number of methoxy groups -OCH3 is 2. The Hall–Kier alpha value is -3.09. The molecule has 0 aliphatic carbocycles. The molecule has 7 heteroatoms. The van der Waals surface area contributed by atoms with Gasteiger partial charge in [-0.25, -0.2) is 0 Å². The molecular weight excluding hydrogens is 340 g/mol. The summed E-state index contributed by atoms with van der Waals surface area (Å²) in [6, 6.07) is 4.39. The predicted octanol–water partition coefficient (Wildman–Crippen LogP) is 2.56. The summed E-state index contributed by atoms with van der Waals surface area (Å²) in [6.07, 6.45) is 0.291. The number of ether oxygens (including phenoxy) is 3. The SMILES string of the molecule is COc1c(C)c(O)c2c(c1OC)OCC(Cc1ccc(O)c(O)c1)C2=O. The van der Waals surface area contributed by atoms with Gasteiger partial charge in [0, 0.05) is 5.56 Å². The van der Waals surface area contributed by atoms with Crippen molar-refractivity contribution in [3.05, 3.63) is 34.9 Å². The summed E-state index contributed by atoms with van der Waals surface area (Å²) in [5, 5.41) is 29.5. The van der Waals surface area contributed by atoms with Crippen LogP contribution in [0.5, 0.6) is 34.5 Å². The van der Waals surface area contributed by atoms with E-state index in [2.05, 4.69) is 0 Å². The van der Waals surface area contributed by atoms with Gasteiger partial charge in [-0.2, -0.15) is 0 Å². The molecule has 1 aliphatic rings. The summed E-state index contributed by atoms with van der Waals surface area (Å²) >= 11 is 0. The molecule has 0 spiro atoms. The molecule has 1 aliphatic heterocycles. The van der Waals surface area contributed by atoms with Gasteiger partial charge in [-0.05, 0) is 31.0 Å². The van der Waals surface area contributed by atoms with Crippen molar-refractivity contribution < 1.29 is 34.3 Å². The summed E-state index contributed by atoms with van der Waals surface area (Å²) in [7, 11) is 2.88. The van der Waals surface area contributed by atoms with Crippen molar-refractivity contribution in [1.82, 2.24) is 0 Å². The molecule has 0 radical (unpaired) electrons. The highest BCUT2D eigenvalue weighted by Gasteiger charge is 2.37. The lowest BCUT2D eigenvalue weighted by Crippen LogP contribution is -2.30. The molecule has 0 bridgehead atoms. The smallest absolute Gasteiger partial charge is 0.204 e. The lowest BCUT2D eigenvalue weighted by molar-refractivity contribution is 0.0820. The van der Waals surface area contributed by atoms with Crippen LogP contribution in [-0.4, -0.2) is 41.9 Å². The Morgan fingerprint density at radius 3 is 2.42 bits per heavy atom. The highest BCUT2D eigenvalue weighted by atomic mass is 16.5. The van der Waals surface area contributed by atoms with Crippen LogP contribution in [0.2, 0.25) is 0 Å². The fourth-order valence-electron chi connectivity index (χ4n) is 3.18. The number of Topliss-reactive ketones (excluding diaryl/α,β-unsaturated/α-hetero) is 1. The molecule has 26 heavy (non-hydrogen) atoms. The number of fused-ring (bicyclic) bond motifs is 1. The van der Waals surface area contributed by atoms with Crippen molar-refractivity contribution in [3.63, 3.8) is 0 Å². The minimum absolute atomic E-state index is 0.0689. The Morgan fingerprint density at radius 1 is 1.12 bits per heavy atom. The van der Waals surface area contributed by atoms with Gasteiger partial charge in [0.05, 0.1) is 26.7 Å². The van der Waals surface area contributed by atoms with Gasteiger partial charge in [-0.1, -0.05) is 6.07 Å². The van der Waals surface area contributed by atoms with Gasteiger partial charge in [0.25, 0.3) is 0 Å². The molecule has 0 saturated heterocycles. The highest BCUT2D eigenvalue weighted by Crippen LogP contribution is 2.50. The topological polar surface area (TPSA) is 105 Å². The second kappa shape index (κ2) is 6.67. The zero-order chi connectivity index (χ0) is 19.0. The van der Waals surface area contributed by atoms with Crippen LogP contribution in [0, 0.1) is 12.8 Å². The lowest BCUT2D eigenvalue weighted by atomic mass is 9.87. The Morgan fingerprint density at radius 2 is 1.81 bits per heavy atom. The van der Waals surface area contributed by atoms with E-state index in [1.54, 1.807) is 13.0 Å². The summed E-state index contributed by atoms with van der Waals surface area (Å²) < 4.78 is 16.3. The van der Waals surface area contributed by atoms with E-state index >= 15 is 0 Å². The Bertz CT molecular complexity index is 873. The van der Waals surface area contributed by atoms with E-state index < -0.39 is 5.92 Å². The summed E-state index contributed by atoms with van der Waals surface area (Å²) in [5.74, 6) is -0.740. The first-order chi connectivity index (χ1) is 12.4. The van der Waals surface area contributed by atoms with Gasteiger partial charge in [0.2, 0.25) is 5.75 Å². The van der Waals surface area contributed by atoms with Crippen LogP contribution in [0.15, 0.2) is 18.2 Å². The number of phenols is 3. The number of rotatable bonds is 4. The van der Waals surface area contributed by atoms with Crippen molar-refractivity contribution in [1.29, 1.82) is 0 Å². The first-order valence-corrected chi connectivity index (χ1v) is 8.04. The molecule has 1 heterocycles. The third kappa shape index (κ3) is 2.75. The highest BCUT2D eigenvalue weighted by molar-refractivity contribution is 6.05. The van der Waals surface area contributed by atoms with Crippen molar-refractivity contribution in [2.45, 2.75) is 13.3 Å². The van der Waals surface area contributed by atoms with Crippen molar-refractivity contribution >= 4 is 5.78 Å². The molecule has 3 rings (SSSR count). The number of phenolic OH excluding ortho intramolecular Hbond substituents is 3. The Labute approximate surface area is 150 Å². The average molecular weight is 360 g/mol. The Kier molecular flexibility index (Phi) is 4.54. The normalized spacial score (nSPS) is 16.0. The molecule has 138 valence electrons. The average Bonchev–Trinajstić information content (AvgIpc) is 2.62. The number of benzene rings is 2. The van der Waals surface area contributed by atoms with E-state index in [1.165, 1.54) is 26.4 Å². The van der Waals surface area contributed by atoms with E-state index in [0.717, 1.165) is 0 Å². The molecule has 0 aromatic heterocycles. The second-order valence-corrected chi connectivity index (χ2v) is 6.14. The van der Waals surface area contributed by atoms with Crippen LogP contribution in [0.1, 0.15) is 21.5 Å². The first-order valence-electron chi connectivity index (χ1n) is 8.04. The van der Waals surface area contributed by atoms with E-state index in [4.69, 9.17) is 14.2 Å². The van der Waals surface area contributed by atoms with Crippen molar-refractivity contribution in [3.8, 4) is 34.5 Å². The zero-order valence-electron chi connectivity index (χ0n) is 14.7. The summed E-state index contributed by atoms with van der Waals surface area (Å²) in [4.78, 5) is 13.0. The summed E-state index contributed by atoms with van der Waals surface area (Å²) in [6.45, 7) is 1.72. The maximum Gasteiger partial charge on any atom is 0.204 e. The van der Waals surface area contributed by atoms with E-state index in [0.29, 0.717) is 23.3 Å². The molecule has 3 N–H and O–H groups in total. The van der Waals surface area contributed by atoms with Gasteiger partial charge in [0.1, 0.15) is 11.3 Å². The second-order valence-electron chi connectivity index (χ2n) is 6.14. The molecule has 7 nitrogen and oxygen atoms in total. The number of aromatic hydroxyl groups is 3. The number of carbonyl (C=O) groups is 1. The van der Waals surface area contributed by atoms with Crippen LogP contribution < -0.4 is 14.2 Å². The van der Waals surface area contributed by atoms with Gasteiger partial charge in [-0.3, -0.25) is 4.79 Å². The predicted molar refractivity (Wildman–Crippen MR) is 92.7 cm³/mol. The monoisotopic (exact) mass is 360 g/mol. The third-order valence-corrected chi connectivity index (χ3v) is 4.55. The van der Waals surface area contributed by atoms with Gasteiger partial charge < -0.3 is 29.5 Å². The standard InChI is InChI=1S/C19H20O7/c1-9-15(22)14-16(23)11(6-10-4-5-12(20)13(21)7-10)8-26-18(14)19(25-3)17(9)24-2/h4-5,7,11,20-22H,6,8H2,1-3H3. The fraction of sp³-hybridized carbons (Fsp3) is 0.316. The van der Waals surface area contributed by atoms with Gasteiger partial charge >= 0.3 is 0 Å². The molecule has 0 saturated carbocycles. The molecule has 2 aromatic carbocycles. The quantitative estimate of drug-likeness (QED) is 0.720.